The number of esters is 1. The first kappa shape index (κ1) is 20.0. The zero-order valence-corrected chi connectivity index (χ0v) is 15.1. The molecule has 0 aliphatic rings. The Bertz CT molecular complexity index is 538. The van der Waals surface area contributed by atoms with Crippen LogP contribution in [0.1, 0.15) is 46.6 Å². The summed E-state index contributed by atoms with van der Waals surface area (Å²) in [5, 5.41) is 0.832. The molecule has 0 aliphatic carbocycles. The lowest BCUT2D eigenvalue weighted by atomic mass is 10.0. The van der Waals surface area contributed by atoms with Crippen molar-refractivity contribution in [2.45, 2.75) is 59.3 Å². The molecule has 1 atom stereocenters. The molecule has 2 N–H and O–H groups in total. The third-order valence-corrected chi connectivity index (χ3v) is 3.13. The molecule has 0 spiro atoms. The van der Waals surface area contributed by atoms with E-state index in [0.717, 1.165) is 10.6 Å². The van der Waals surface area contributed by atoms with Gasteiger partial charge in [0.25, 0.3) is 0 Å². The third-order valence-electron chi connectivity index (χ3n) is 3.13. The van der Waals surface area contributed by atoms with Crippen molar-refractivity contribution in [1.82, 2.24) is 5.01 Å². The summed E-state index contributed by atoms with van der Waals surface area (Å²) in [7, 11) is 0. The monoisotopic (exact) mass is 336 g/mol. The largest absolute Gasteiger partial charge is 0.459 e. The van der Waals surface area contributed by atoms with E-state index in [-0.39, 0.29) is 12.5 Å². The predicted molar refractivity (Wildman–Crippen MR) is 91.7 cm³/mol. The average Bonchev–Trinajstić information content (AvgIpc) is 2.48. The van der Waals surface area contributed by atoms with Gasteiger partial charge in [0.2, 0.25) is 0 Å². The maximum absolute atomic E-state index is 12.4. The van der Waals surface area contributed by atoms with Gasteiger partial charge in [-0.15, -0.1) is 0 Å². The second-order valence-electron chi connectivity index (χ2n) is 7.13. The minimum atomic E-state index is -0.886. The molecule has 0 bridgehead atoms. The zero-order valence-electron chi connectivity index (χ0n) is 15.1. The molecule has 1 rings (SSSR count). The summed E-state index contributed by atoms with van der Waals surface area (Å²) in [6.07, 6.45) is -0.353. The maximum atomic E-state index is 12.4. The quantitative estimate of drug-likeness (QED) is 0.373. The molecule has 0 unspecified atom stereocenters. The van der Waals surface area contributed by atoms with E-state index in [2.05, 4.69) is 0 Å². The number of nitrogens with zero attached hydrogens (tertiary/aromatic N) is 1. The SMILES string of the molecule is CC(C)C[C@H](C(=O)OCc1ccccc1)N(N)C(=O)OC(C)(C)C. The van der Waals surface area contributed by atoms with Gasteiger partial charge in [0.15, 0.2) is 0 Å². The highest BCUT2D eigenvalue weighted by Crippen LogP contribution is 2.16. The number of ether oxygens (including phenoxy) is 2. The van der Waals surface area contributed by atoms with Gasteiger partial charge in [-0.1, -0.05) is 44.2 Å². The van der Waals surface area contributed by atoms with E-state index < -0.39 is 23.7 Å². The summed E-state index contributed by atoms with van der Waals surface area (Å²) < 4.78 is 10.6. The van der Waals surface area contributed by atoms with Gasteiger partial charge in [-0.2, -0.15) is 0 Å². The molecule has 0 saturated heterocycles. The van der Waals surface area contributed by atoms with Crippen molar-refractivity contribution < 1.29 is 19.1 Å². The van der Waals surface area contributed by atoms with E-state index in [1.165, 1.54) is 0 Å². The number of nitrogens with two attached hydrogens (primary N) is 1. The Labute approximate surface area is 143 Å². The summed E-state index contributed by atoms with van der Waals surface area (Å²) in [6.45, 7) is 9.25. The molecule has 1 amide bonds. The normalized spacial score (nSPS) is 12.6. The molecular formula is C18H28N2O4. The van der Waals surface area contributed by atoms with Gasteiger partial charge >= 0.3 is 12.1 Å². The standard InChI is InChI=1S/C18H28N2O4/c1-13(2)11-15(20(19)17(22)24-18(3,4)5)16(21)23-12-14-9-7-6-8-10-14/h6-10,13,15H,11-12,19H2,1-5H3/t15-/m1/s1. The molecule has 6 nitrogen and oxygen atoms in total. The molecule has 0 heterocycles. The average molecular weight is 336 g/mol. The van der Waals surface area contributed by atoms with E-state index in [9.17, 15) is 9.59 Å². The Morgan fingerprint density at radius 1 is 1.17 bits per heavy atom. The molecule has 6 heteroatoms. The number of carbonyl (C=O) groups is 2. The van der Waals surface area contributed by atoms with Crippen LogP contribution in [-0.4, -0.2) is 28.7 Å². The van der Waals surface area contributed by atoms with Gasteiger partial charge in [0.1, 0.15) is 18.2 Å². The van der Waals surface area contributed by atoms with Crippen LogP contribution in [0.4, 0.5) is 4.79 Å². The summed E-state index contributed by atoms with van der Waals surface area (Å²) >= 11 is 0. The lowest BCUT2D eigenvalue weighted by molar-refractivity contribution is -0.152. The maximum Gasteiger partial charge on any atom is 0.425 e. The highest BCUT2D eigenvalue weighted by molar-refractivity contribution is 5.81. The van der Waals surface area contributed by atoms with Gasteiger partial charge < -0.3 is 9.47 Å². The Hall–Kier alpha value is -2.08. The van der Waals surface area contributed by atoms with Crippen molar-refractivity contribution in [3.8, 4) is 0 Å². The Balaban J connectivity index is 2.75. The number of amides is 1. The molecule has 1 aromatic carbocycles. The van der Waals surface area contributed by atoms with Crippen molar-refractivity contribution in [2.75, 3.05) is 0 Å². The first-order chi connectivity index (χ1) is 11.1. The molecule has 0 aliphatic heterocycles. The number of benzene rings is 1. The van der Waals surface area contributed by atoms with E-state index in [4.69, 9.17) is 15.3 Å². The smallest absolute Gasteiger partial charge is 0.425 e. The number of hydrogen-bond acceptors (Lipinski definition) is 5. The van der Waals surface area contributed by atoms with Crippen LogP contribution in [0.25, 0.3) is 0 Å². The second-order valence-corrected chi connectivity index (χ2v) is 7.13. The second kappa shape index (κ2) is 8.68. The van der Waals surface area contributed by atoms with Gasteiger partial charge in [-0.05, 0) is 38.7 Å². The fourth-order valence-corrected chi connectivity index (χ4v) is 2.04. The van der Waals surface area contributed by atoms with Crippen molar-refractivity contribution >= 4 is 12.1 Å². The van der Waals surface area contributed by atoms with Crippen molar-refractivity contribution in [2.24, 2.45) is 11.8 Å². The van der Waals surface area contributed by atoms with Crippen LogP contribution in [0.3, 0.4) is 0 Å². The van der Waals surface area contributed by atoms with Crippen LogP contribution in [0.5, 0.6) is 0 Å². The molecule has 24 heavy (non-hydrogen) atoms. The third kappa shape index (κ3) is 7.00. The van der Waals surface area contributed by atoms with Gasteiger partial charge in [-0.25, -0.2) is 20.4 Å². The van der Waals surface area contributed by atoms with Crippen molar-refractivity contribution in [1.29, 1.82) is 0 Å². The summed E-state index contributed by atoms with van der Waals surface area (Å²) in [6, 6.07) is 8.45. The molecule has 1 aromatic rings. The lowest BCUT2D eigenvalue weighted by Gasteiger charge is -2.29. The molecule has 134 valence electrons. The molecule has 0 fully saturated rings. The van der Waals surface area contributed by atoms with E-state index in [0.29, 0.717) is 6.42 Å². The first-order valence-electron chi connectivity index (χ1n) is 8.07. The van der Waals surface area contributed by atoms with Crippen LogP contribution in [0.15, 0.2) is 30.3 Å². The number of rotatable bonds is 6. The van der Waals surface area contributed by atoms with Crippen LogP contribution in [0.2, 0.25) is 0 Å². The van der Waals surface area contributed by atoms with Crippen molar-refractivity contribution in [3.63, 3.8) is 0 Å². The van der Waals surface area contributed by atoms with Crippen LogP contribution >= 0.6 is 0 Å². The van der Waals surface area contributed by atoms with Gasteiger partial charge in [-0.3, -0.25) is 0 Å². The van der Waals surface area contributed by atoms with E-state index in [1.807, 2.05) is 44.2 Å². The van der Waals surface area contributed by atoms with E-state index >= 15 is 0 Å². The fourth-order valence-electron chi connectivity index (χ4n) is 2.04. The van der Waals surface area contributed by atoms with Crippen LogP contribution < -0.4 is 5.84 Å². The van der Waals surface area contributed by atoms with Crippen molar-refractivity contribution in [3.05, 3.63) is 35.9 Å². The minimum absolute atomic E-state index is 0.135. The molecule has 0 saturated carbocycles. The van der Waals surface area contributed by atoms with Gasteiger partial charge in [0, 0.05) is 0 Å². The highest BCUT2D eigenvalue weighted by Gasteiger charge is 2.32. The molecule has 0 aromatic heterocycles. The summed E-state index contributed by atoms with van der Waals surface area (Å²) in [5.41, 5.74) is 0.181. The lowest BCUT2D eigenvalue weighted by Crippen LogP contribution is -2.52. The number of hydrogen-bond donors (Lipinski definition) is 1. The Morgan fingerprint density at radius 3 is 2.25 bits per heavy atom. The predicted octanol–water partition coefficient (Wildman–Crippen LogP) is 3.26. The zero-order chi connectivity index (χ0) is 18.3. The summed E-state index contributed by atoms with van der Waals surface area (Å²) in [4.78, 5) is 24.5. The number of carbonyl (C=O) groups excluding carboxylic acids is 2. The minimum Gasteiger partial charge on any atom is -0.459 e. The Kier molecular flexibility index (Phi) is 7.22. The Morgan fingerprint density at radius 2 is 1.75 bits per heavy atom. The molecular weight excluding hydrogens is 308 g/mol. The van der Waals surface area contributed by atoms with Gasteiger partial charge in [0.05, 0.1) is 0 Å². The highest BCUT2D eigenvalue weighted by atomic mass is 16.6. The van der Waals surface area contributed by atoms with E-state index in [1.54, 1.807) is 20.8 Å². The number of hydrazine groups is 1. The molecule has 0 radical (unpaired) electrons. The van der Waals surface area contributed by atoms with Crippen LogP contribution in [0, 0.1) is 5.92 Å². The van der Waals surface area contributed by atoms with Crippen LogP contribution in [-0.2, 0) is 20.9 Å². The summed E-state index contributed by atoms with van der Waals surface area (Å²) in [5.74, 6) is 5.46. The topological polar surface area (TPSA) is 81.9 Å². The first-order valence-corrected chi connectivity index (χ1v) is 8.07. The fraction of sp³-hybridized carbons (Fsp3) is 0.556.